The number of hydrogen-bond donors (Lipinski definition) is 4. The highest BCUT2D eigenvalue weighted by atomic mass is 16.2. The summed E-state index contributed by atoms with van der Waals surface area (Å²) in [5, 5.41) is 5.38. The number of piperidine rings is 1. The van der Waals surface area contributed by atoms with Gasteiger partial charge in [-0.25, -0.2) is 0 Å². The van der Waals surface area contributed by atoms with Gasteiger partial charge >= 0.3 is 0 Å². The Bertz CT molecular complexity index is 1090. The lowest BCUT2D eigenvalue weighted by molar-refractivity contribution is -0.123. The smallest absolute Gasteiger partial charge is 0.258 e. The largest absolute Gasteiger partial charge is 0.369 e. The van der Waals surface area contributed by atoms with Crippen molar-refractivity contribution >= 4 is 35.2 Å². The summed E-state index contributed by atoms with van der Waals surface area (Å²) in [6.07, 6.45) is 0.979. The van der Waals surface area contributed by atoms with Gasteiger partial charge in [0.15, 0.2) is 0 Å². The van der Waals surface area contributed by atoms with Gasteiger partial charge in [0.2, 0.25) is 23.7 Å². The lowest BCUT2D eigenvalue weighted by Crippen LogP contribution is -2.41. The summed E-state index contributed by atoms with van der Waals surface area (Å²) in [6.45, 7) is 2.94. The average Bonchev–Trinajstić information content (AvgIpc) is 2.74. The van der Waals surface area contributed by atoms with Crippen LogP contribution in [0.1, 0.15) is 36.3 Å². The third-order valence-electron chi connectivity index (χ3n) is 5.77. The second-order valence-electron chi connectivity index (χ2n) is 7.98. The fraction of sp³-hybridized carbons (Fsp3) is 0.381. The number of benzene rings is 1. The lowest BCUT2D eigenvalue weighted by atomic mass is 9.92. The van der Waals surface area contributed by atoms with Crippen molar-refractivity contribution in [2.75, 3.05) is 28.6 Å². The quantitative estimate of drug-likeness (QED) is 0.571. The normalized spacial score (nSPS) is 18.8. The van der Waals surface area contributed by atoms with Crippen LogP contribution in [0.2, 0.25) is 0 Å². The molecule has 2 aromatic rings. The Labute approximate surface area is 178 Å². The van der Waals surface area contributed by atoms with E-state index in [0.717, 1.165) is 5.56 Å². The number of anilines is 3. The zero-order chi connectivity index (χ0) is 22.1. The SMILES string of the molecule is Cc1ccc(NC(=O)[C@H]2CC(=O)Nc3nc(N4CCC(C(N)=O)CC4)[nH]c(=O)c32)cc1. The third kappa shape index (κ3) is 4.27. The molecular formula is C21H24N6O4. The number of carbonyl (C=O) groups excluding carboxylic acids is 3. The van der Waals surface area contributed by atoms with E-state index < -0.39 is 17.4 Å². The van der Waals surface area contributed by atoms with Crippen molar-refractivity contribution in [2.45, 2.75) is 32.1 Å². The van der Waals surface area contributed by atoms with E-state index in [2.05, 4.69) is 20.6 Å². The molecule has 1 fully saturated rings. The molecule has 1 aromatic carbocycles. The number of nitrogens with one attached hydrogen (secondary N) is 3. The highest BCUT2D eigenvalue weighted by Crippen LogP contribution is 2.31. The summed E-state index contributed by atoms with van der Waals surface area (Å²) in [4.78, 5) is 58.4. The Morgan fingerprint density at radius 3 is 2.48 bits per heavy atom. The van der Waals surface area contributed by atoms with E-state index in [1.165, 1.54) is 0 Å². The predicted octanol–water partition coefficient (Wildman–Crippen LogP) is 0.845. The Hall–Kier alpha value is -3.69. The van der Waals surface area contributed by atoms with Gasteiger partial charge < -0.3 is 21.3 Å². The molecule has 0 saturated carbocycles. The second kappa shape index (κ2) is 8.21. The van der Waals surface area contributed by atoms with Crippen LogP contribution in [0.3, 0.4) is 0 Å². The van der Waals surface area contributed by atoms with E-state index in [9.17, 15) is 19.2 Å². The second-order valence-corrected chi connectivity index (χ2v) is 7.98. The fourth-order valence-electron chi connectivity index (χ4n) is 3.98. The minimum Gasteiger partial charge on any atom is -0.369 e. The molecule has 10 heteroatoms. The molecule has 10 nitrogen and oxygen atoms in total. The standard InChI is InChI=1S/C21H24N6O4/c1-11-2-4-13(5-3-11)23-19(30)14-10-15(28)24-18-16(14)20(31)26-21(25-18)27-8-6-12(7-9-27)17(22)29/h2-5,12,14H,6-10H2,1H3,(H2,22,29)(H,23,30)(H2,24,25,26,28,31)/t14-/m0/s1. The molecule has 0 spiro atoms. The van der Waals surface area contributed by atoms with Crippen molar-refractivity contribution in [3.05, 3.63) is 45.7 Å². The molecule has 0 radical (unpaired) electrons. The molecule has 162 valence electrons. The molecule has 0 bridgehead atoms. The molecule has 5 N–H and O–H groups in total. The molecule has 2 aliphatic rings. The molecule has 31 heavy (non-hydrogen) atoms. The number of aromatic amines is 1. The lowest BCUT2D eigenvalue weighted by Gasteiger charge is -2.32. The van der Waals surface area contributed by atoms with Crippen molar-refractivity contribution in [3.8, 4) is 0 Å². The van der Waals surface area contributed by atoms with Crippen LogP contribution in [0.15, 0.2) is 29.1 Å². The first-order chi connectivity index (χ1) is 14.8. The highest BCUT2D eigenvalue weighted by Gasteiger charge is 2.35. The summed E-state index contributed by atoms with van der Waals surface area (Å²) in [5.41, 5.74) is 6.67. The van der Waals surface area contributed by atoms with Crippen LogP contribution in [-0.4, -0.2) is 40.8 Å². The van der Waals surface area contributed by atoms with Gasteiger partial charge in [-0.1, -0.05) is 17.7 Å². The zero-order valence-electron chi connectivity index (χ0n) is 17.1. The molecule has 1 aromatic heterocycles. The van der Waals surface area contributed by atoms with E-state index in [1.807, 2.05) is 24.0 Å². The summed E-state index contributed by atoms with van der Waals surface area (Å²) in [7, 11) is 0. The van der Waals surface area contributed by atoms with Gasteiger partial charge in [-0.05, 0) is 31.9 Å². The maximum Gasteiger partial charge on any atom is 0.258 e. The Morgan fingerprint density at radius 2 is 1.84 bits per heavy atom. The van der Waals surface area contributed by atoms with E-state index >= 15 is 0 Å². The van der Waals surface area contributed by atoms with E-state index in [0.29, 0.717) is 37.6 Å². The first-order valence-corrected chi connectivity index (χ1v) is 10.2. The topological polar surface area (TPSA) is 150 Å². The van der Waals surface area contributed by atoms with Crippen molar-refractivity contribution in [1.82, 2.24) is 9.97 Å². The maximum atomic E-state index is 12.9. The minimum absolute atomic E-state index is 0.0936. The summed E-state index contributed by atoms with van der Waals surface area (Å²) in [5.74, 6) is -1.91. The molecule has 1 saturated heterocycles. The number of primary amides is 1. The monoisotopic (exact) mass is 424 g/mol. The van der Waals surface area contributed by atoms with Crippen LogP contribution in [0, 0.1) is 12.8 Å². The summed E-state index contributed by atoms with van der Waals surface area (Å²) >= 11 is 0. The number of rotatable bonds is 4. The molecule has 0 aliphatic carbocycles. The Kier molecular flexibility index (Phi) is 5.45. The Morgan fingerprint density at radius 1 is 1.16 bits per heavy atom. The van der Waals surface area contributed by atoms with Crippen LogP contribution in [0.25, 0.3) is 0 Å². The molecule has 1 atom stereocenters. The van der Waals surface area contributed by atoms with Crippen molar-refractivity contribution in [1.29, 1.82) is 0 Å². The van der Waals surface area contributed by atoms with Gasteiger partial charge in [0.1, 0.15) is 5.82 Å². The van der Waals surface area contributed by atoms with Gasteiger partial charge in [0.05, 0.1) is 11.5 Å². The third-order valence-corrected chi connectivity index (χ3v) is 5.77. The number of amides is 3. The average molecular weight is 424 g/mol. The number of H-pyrrole nitrogens is 1. The maximum absolute atomic E-state index is 12.9. The van der Waals surface area contributed by atoms with Crippen LogP contribution in [0.4, 0.5) is 17.5 Å². The molecule has 3 amide bonds. The van der Waals surface area contributed by atoms with E-state index in [4.69, 9.17) is 5.73 Å². The number of nitrogens with two attached hydrogens (primary N) is 1. The molecule has 3 heterocycles. The number of aromatic nitrogens is 2. The molecule has 0 unspecified atom stereocenters. The van der Waals surface area contributed by atoms with Crippen LogP contribution < -0.4 is 26.8 Å². The molecular weight excluding hydrogens is 400 g/mol. The first-order valence-electron chi connectivity index (χ1n) is 10.2. The highest BCUT2D eigenvalue weighted by molar-refractivity contribution is 6.04. The summed E-state index contributed by atoms with van der Waals surface area (Å²) < 4.78 is 0. The number of carbonyl (C=O) groups is 3. The van der Waals surface area contributed by atoms with Gasteiger partial charge in [-0.15, -0.1) is 0 Å². The zero-order valence-corrected chi connectivity index (χ0v) is 17.1. The molecule has 4 rings (SSSR count). The first kappa shape index (κ1) is 20.6. The number of nitrogens with zero attached hydrogens (tertiary/aromatic N) is 2. The van der Waals surface area contributed by atoms with Crippen molar-refractivity contribution in [2.24, 2.45) is 11.7 Å². The van der Waals surface area contributed by atoms with Crippen LogP contribution >= 0.6 is 0 Å². The molecule has 2 aliphatic heterocycles. The fourth-order valence-corrected chi connectivity index (χ4v) is 3.98. The van der Waals surface area contributed by atoms with Gasteiger partial charge in [0, 0.05) is 31.1 Å². The number of fused-ring (bicyclic) bond motifs is 1. The number of hydrogen-bond acceptors (Lipinski definition) is 6. The van der Waals surface area contributed by atoms with Crippen LogP contribution in [0.5, 0.6) is 0 Å². The van der Waals surface area contributed by atoms with E-state index in [-0.39, 0.29) is 35.5 Å². The Balaban J connectivity index is 1.58. The van der Waals surface area contributed by atoms with Crippen LogP contribution in [-0.2, 0) is 14.4 Å². The van der Waals surface area contributed by atoms with E-state index in [1.54, 1.807) is 12.1 Å². The van der Waals surface area contributed by atoms with Gasteiger partial charge in [-0.3, -0.25) is 24.2 Å². The van der Waals surface area contributed by atoms with Gasteiger partial charge in [-0.2, -0.15) is 4.98 Å². The predicted molar refractivity (Wildman–Crippen MR) is 115 cm³/mol. The minimum atomic E-state index is -0.948. The van der Waals surface area contributed by atoms with Crippen molar-refractivity contribution in [3.63, 3.8) is 0 Å². The number of aryl methyl sites for hydroxylation is 1. The van der Waals surface area contributed by atoms with Gasteiger partial charge in [0.25, 0.3) is 5.56 Å². The summed E-state index contributed by atoms with van der Waals surface area (Å²) in [6, 6.07) is 7.25. The van der Waals surface area contributed by atoms with Crippen molar-refractivity contribution < 1.29 is 14.4 Å².